The summed E-state index contributed by atoms with van der Waals surface area (Å²) in [5.41, 5.74) is 4.00. The molecule has 1 fully saturated rings. The fourth-order valence-corrected chi connectivity index (χ4v) is 3.55. The van der Waals surface area contributed by atoms with Gasteiger partial charge in [-0.3, -0.25) is 0 Å². The third-order valence-corrected chi connectivity index (χ3v) is 5.26. The second-order valence-electron chi connectivity index (χ2n) is 7.16. The van der Waals surface area contributed by atoms with Crippen LogP contribution in [0, 0.1) is 0 Å². The van der Waals surface area contributed by atoms with Gasteiger partial charge in [0.05, 0.1) is 6.61 Å². The van der Waals surface area contributed by atoms with Crippen LogP contribution in [0.5, 0.6) is 17.2 Å². The maximum atomic E-state index is 5.89. The first-order chi connectivity index (χ1) is 13.3. The first kappa shape index (κ1) is 17.7. The van der Waals surface area contributed by atoms with Crippen LogP contribution < -0.4 is 9.47 Å². The SMILES string of the molecule is CCOc1ccc(C2CCC2)cc1Cc1ccc(Oc2ccccc2)cc1. The molecule has 0 spiro atoms. The van der Waals surface area contributed by atoms with E-state index < -0.39 is 0 Å². The molecule has 1 aliphatic carbocycles. The predicted molar refractivity (Wildman–Crippen MR) is 110 cm³/mol. The lowest BCUT2D eigenvalue weighted by Crippen LogP contribution is -2.09. The van der Waals surface area contributed by atoms with Crippen LogP contribution in [0.15, 0.2) is 72.8 Å². The Kier molecular flexibility index (Phi) is 5.43. The molecule has 3 aromatic carbocycles. The van der Waals surface area contributed by atoms with E-state index in [4.69, 9.17) is 9.47 Å². The number of para-hydroxylation sites is 1. The Morgan fingerprint density at radius 1 is 0.852 bits per heavy atom. The largest absolute Gasteiger partial charge is 0.494 e. The van der Waals surface area contributed by atoms with E-state index in [0.29, 0.717) is 6.61 Å². The molecule has 0 N–H and O–H groups in total. The molecule has 4 rings (SSSR count). The van der Waals surface area contributed by atoms with Crippen molar-refractivity contribution in [1.29, 1.82) is 0 Å². The summed E-state index contributed by atoms with van der Waals surface area (Å²) in [5.74, 6) is 3.46. The lowest BCUT2D eigenvalue weighted by Gasteiger charge is -2.26. The molecule has 0 saturated heterocycles. The van der Waals surface area contributed by atoms with E-state index in [9.17, 15) is 0 Å². The summed E-state index contributed by atoms with van der Waals surface area (Å²) in [6, 6.07) is 25.0. The van der Waals surface area contributed by atoms with Crippen molar-refractivity contribution < 1.29 is 9.47 Å². The molecular formula is C25H26O2. The number of hydrogen-bond acceptors (Lipinski definition) is 2. The van der Waals surface area contributed by atoms with Gasteiger partial charge >= 0.3 is 0 Å². The average molecular weight is 358 g/mol. The predicted octanol–water partition coefficient (Wildman–Crippen LogP) is 6.74. The highest BCUT2D eigenvalue weighted by molar-refractivity contribution is 5.43. The number of benzene rings is 3. The van der Waals surface area contributed by atoms with Crippen molar-refractivity contribution in [2.75, 3.05) is 6.61 Å². The van der Waals surface area contributed by atoms with Crippen molar-refractivity contribution in [2.24, 2.45) is 0 Å². The van der Waals surface area contributed by atoms with Crippen LogP contribution in [-0.4, -0.2) is 6.61 Å². The zero-order valence-electron chi connectivity index (χ0n) is 15.9. The van der Waals surface area contributed by atoms with E-state index in [1.54, 1.807) is 0 Å². The van der Waals surface area contributed by atoms with E-state index in [2.05, 4.69) is 30.3 Å². The first-order valence-corrected chi connectivity index (χ1v) is 9.89. The zero-order valence-corrected chi connectivity index (χ0v) is 15.9. The molecule has 2 heteroatoms. The molecule has 138 valence electrons. The maximum absolute atomic E-state index is 5.89. The summed E-state index contributed by atoms with van der Waals surface area (Å²) < 4.78 is 11.8. The molecule has 3 aromatic rings. The smallest absolute Gasteiger partial charge is 0.127 e. The maximum Gasteiger partial charge on any atom is 0.127 e. The van der Waals surface area contributed by atoms with Gasteiger partial charge in [0.2, 0.25) is 0 Å². The van der Waals surface area contributed by atoms with E-state index in [0.717, 1.165) is 29.6 Å². The van der Waals surface area contributed by atoms with Gasteiger partial charge in [-0.05, 0) is 72.7 Å². The highest BCUT2D eigenvalue weighted by Gasteiger charge is 2.20. The Morgan fingerprint density at radius 2 is 1.59 bits per heavy atom. The standard InChI is InChI=1S/C25H26O2/c1-2-26-25-16-13-21(20-7-6-8-20)18-22(25)17-19-11-14-24(15-12-19)27-23-9-4-3-5-10-23/h3-5,9-16,18,20H,2,6-8,17H2,1H3. The Bertz CT molecular complexity index is 865. The van der Waals surface area contributed by atoms with Gasteiger partial charge in [0.25, 0.3) is 0 Å². The molecule has 0 atom stereocenters. The summed E-state index contributed by atoms with van der Waals surface area (Å²) >= 11 is 0. The van der Waals surface area contributed by atoms with Crippen LogP contribution in [0.25, 0.3) is 0 Å². The van der Waals surface area contributed by atoms with E-state index in [1.807, 2.05) is 49.4 Å². The molecule has 0 aliphatic heterocycles. The van der Waals surface area contributed by atoms with Crippen molar-refractivity contribution in [2.45, 2.75) is 38.5 Å². The highest BCUT2D eigenvalue weighted by atomic mass is 16.5. The molecule has 0 amide bonds. The van der Waals surface area contributed by atoms with Crippen LogP contribution in [0.3, 0.4) is 0 Å². The minimum Gasteiger partial charge on any atom is -0.494 e. The topological polar surface area (TPSA) is 18.5 Å². The van der Waals surface area contributed by atoms with Gasteiger partial charge in [-0.2, -0.15) is 0 Å². The van der Waals surface area contributed by atoms with E-state index >= 15 is 0 Å². The molecule has 0 unspecified atom stereocenters. The van der Waals surface area contributed by atoms with Crippen LogP contribution in [0.1, 0.15) is 48.8 Å². The van der Waals surface area contributed by atoms with Gasteiger partial charge in [0.1, 0.15) is 17.2 Å². The second kappa shape index (κ2) is 8.30. The minimum absolute atomic E-state index is 0.694. The Balaban J connectivity index is 1.50. The van der Waals surface area contributed by atoms with Crippen molar-refractivity contribution in [3.05, 3.63) is 89.5 Å². The van der Waals surface area contributed by atoms with Crippen molar-refractivity contribution >= 4 is 0 Å². The molecular weight excluding hydrogens is 332 g/mol. The van der Waals surface area contributed by atoms with E-state index in [1.165, 1.54) is 36.0 Å². The Labute approximate surface area is 161 Å². The van der Waals surface area contributed by atoms with Gasteiger partial charge in [0.15, 0.2) is 0 Å². The summed E-state index contributed by atoms with van der Waals surface area (Å²) in [5, 5.41) is 0. The second-order valence-corrected chi connectivity index (χ2v) is 7.16. The lowest BCUT2D eigenvalue weighted by atomic mass is 9.79. The number of ether oxygens (including phenoxy) is 2. The third-order valence-electron chi connectivity index (χ3n) is 5.26. The molecule has 1 saturated carbocycles. The Hall–Kier alpha value is -2.74. The molecule has 0 bridgehead atoms. The van der Waals surface area contributed by atoms with E-state index in [-0.39, 0.29) is 0 Å². The van der Waals surface area contributed by atoms with Gasteiger partial charge in [-0.25, -0.2) is 0 Å². The van der Waals surface area contributed by atoms with Crippen LogP contribution in [0.2, 0.25) is 0 Å². The van der Waals surface area contributed by atoms with Crippen LogP contribution in [0.4, 0.5) is 0 Å². The van der Waals surface area contributed by atoms with Crippen molar-refractivity contribution in [1.82, 2.24) is 0 Å². The first-order valence-electron chi connectivity index (χ1n) is 9.89. The van der Waals surface area contributed by atoms with Crippen molar-refractivity contribution in [3.63, 3.8) is 0 Å². The molecule has 0 aromatic heterocycles. The van der Waals surface area contributed by atoms with Crippen molar-refractivity contribution in [3.8, 4) is 17.2 Å². The van der Waals surface area contributed by atoms with Crippen LogP contribution >= 0.6 is 0 Å². The lowest BCUT2D eigenvalue weighted by molar-refractivity contribution is 0.336. The fraction of sp³-hybridized carbons (Fsp3) is 0.280. The normalized spacial score (nSPS) is 13.8. The van der Waals surface area contributed by atoms with Gasteiger partial charge in [-0.15, -0.1) is 0 Å². The summed E-state index contributed by atoms with van der Waals surface area (Å²) in [4.78, 5) is 0. The summed E-state index contributed by atoms with van der Waals surface area (Å²) in [6.07, 6.45) is 4.87. The number of rotatable bonds is 7. The monoisotopic (exact) mass is 358 g/mol. The van der Waals surface area contributed by atoms with Gasteiger partial charge in [-0.1, -0.05) is 48.9 Å². The Morgan fingerprint density at radius 3 is 2.26 bits per heavy atom. The molecule has 2 nitrogen and oxygen atoms in total. The summed E-state index contributed by atoms with van der Waals surface area (Å²) in [7, 11) is 0. The van der Waals surface area contributed by atoms with Crippen LogP contribution in [-0.2, 0) is 6.42 Å². The molecule has 0 radical (unpaired) electrons. The molecule has 0 heterocycles. The summed E-state index contributed by atoms with van der Waals surface area (Å²) in [6.45, 7) is 2.74. The minimum atomic E-state index is 0.694. The number of hydrogen-bond donors (Lipinski definition) is 0. The molecule has 27 heavy (non-hydrogen) atoms. The molecule has 1 aliphatic rings. The highest BCUT2D eigenvalue weighted by Crippen LogP contribution is 2.38. The third kappa shape index (κ3) is 4.33. The quantitative estimate of drug-likeness (QED) is 0.466. The van der Waals surface area contributed by atoms with Gasteiger partial charge in [0, 0.05) is 6.42 Å². The average Bonchev–Trinajstić information content (AvgIpc) is 2.65. The zero-order chi connectivity index (χ0) is 18.5. The van der Waals surface area contributed by atoms with Gasteiger partial charge < -0.3 is 9.47 Å². The fourth-order valence-electron chi connectivity index (χ4n) is 3.55.